The van der Waals surface area contributed by atoms with Crippen molar-refractivity contribution in [2.24, 2.45) is 0 Å². The molecule has 0 heterocycles. The Morgan fingerprint density at radius 1 is 0.778 bits per heavy atom. The van der Waals surface area contributed by atoms with Crippen LogP contribution in [0.5, 0.6) is 0 Å². The van der Waals surface area contributed by atoms with E-state index < -0.39 is 13.2 Å². The van der Waals surface area contributed by atoms with Crippen LogP contribution in [0.1, 0.15) is 26.2 Å². The number of rotatable bonds is 8. The third-order valence-corrected chi connectivity index (χ3v) is 10.1. The summed E-state index contributed by atoms with van der Waals surface area (Å²) in [6.07, 6.45) is 1.60. The maximum absolute atomic E-state index is 10.9. The predicted molar refractivity (Wildman–Crippen MR) is 113 cm³/mol. The Morgan fingerprint density at radius 3 is 1.48 bits per heavy atom. The summed E-state index contributed by atoms with van der Waals surface area (Å²) in [4.78, 5) is 10.9. The predicted octanol–water partition coefficient (Wildman–Crippen LogP) is 3.29. The molecule has 0 aliphatic heterocycles. The SMILES string of the molecule is CC(CCCC(=O)[O-])[P+](c1ccccc1)(c1ccccc1)c1ccccc1. The lowest BCUT2D eigenvalue weighted by Gasteiger charge is -2.33. The van der Waals surface area contributed by atoms with Gasteiger partial charge < -0.3 is 9.90 Å². The third kappa shape index (κ3) is 4.12. The van der Waals surface area contributed by atoms with E-state index in [9.17, 15) is 9.90 Å². The van der Waals surface area contributed by atoms with Gasteiger partial charge in [-0.3, -0.25) is 0 Å². The zero-order valence-electron chi connectivity index (χ0n) is 15.6. The van der Waals surface area contributed by atoms with Gasteiger partial charge in [0, 0.05) is 5.97 Å². The Morgan fingerprint density at radius 2 is 1.15 bits per heavy atom. The third-order valence-electron chi connectivity index (χ3n) is 5.15. The molecule has 3 rings (SSSR count). The van der Waals surface area contributed by atoms with Gasteiger partial charge in [0.1, 0.15) is 23.2 Å². The first-order valence-electron chi connectivity index (χ1n) is 9.41. The Kier molecular flexibility index (Phi) is 6.42. The van der Waals surface area contributed by atoms with Crippen LogP contribution in [-0.4, -0.2) is 11.6 Å². The van der Waals surface area contributed by atoms with Crippen molar-refractivity contribution in [1.29, 1.82) is 0 Å². The highest BCUT2D eigenvalue weighted by Gasteiger charge is 2.49. The topological polar surface area (TPSA) is 40.1 Å². The van der Waals surface area contributed by atoms with Crippen molar-refractivity contribution in [1.82, 2.24) is 0 Å². The minimum atomic E-state index is -1.92. The largest absolute Gasteiger partial charge is 0.550 e. The molecule has 3 aromatic carbocycles. The van der Waals surface area contributed by atoms with Gasteiger partial charge in [0.25, 0.3) is 0 Å². The lowest BCUT2D eigenvalue weighted by atomic mass is 10.2. The van der Waals surface area contributed by atoms with E-state index in [-0.39, 0.29) is 6.42 Å². The van der Waals surface area contributed by atoms with Gasteiger partial charge in [-0.1, -0.05) is 54.6 Å². The van der Waals surface area contributed by atoms with Crippen molar-refractivity contribution in [3.05, 3.63) is 91.0 Å². The fourth-order valence-corrected chi connectivity index (χ4v) is 8.85. The summed E-state index contributed by atoms with van der Waals surface area (Å²) in [5, 5.41) is 14.9. The summed E-state index contributed by atoms with van der Waals surface area (Å²) >= 11 is 0. The molecular formula is C24H25O2P. The summed E-state index contributed by atoms with van der Waals surface area (Å²) < 4.78 is 0. The molecule has 3 aromatic rings. The molecule has 0 fully saturated rings. The van der Waals surface area contributed by atoms with Crippen LogP contribution in [0.15, 0.2) is 91.0 Å². The average molecular weight is 376 g/mol. The Bertz CT molecular complexity index is 751. The van der Waals surface area contributed by atoms with Crippen LogP contribution in [0.25, 0.3) is 0 Å². The number of hydrogen-bond acceptors (Lipinski definition) is 2. The molecule has 0 amide bonds. The molecule has 0 aliphatic rings. The van der Waals surface area contributed by atoms with E-state index in [0.29, 0.717) is 12.1 Å². The van der Waals surface area contributed by atoms with Gasteiger partial charge in [-0.2, -0.15) is 0 Å². The Labute approximate surface area is 162 Å². The van der Waals surface area contributed by atoms with Crippen LogP contribution < -0.4 is 21.0 Å². The summed E-state index contributed by atoms with van der Waals surface area (Å²) in [5.41, 5.74) is 0.323. The number of aliphatic carboxylic acids is 1. The van der Waals surface area contributed by atoms with E-state index in [1.165, 1.54) is 15.9 Å². The number of carboxylic acids is 1. The second-order valence-electron chi connectivity index (χ2n) is 6.84. The molecule has 0 spiro atoms. The average Bonchev–Trinajstić information content (AvgIpc) is 2.71. The van der Waals surface area contributed by atoms with Crippen molar-refractivity contribution in [3.63, 3.8) is 0 Å². The smallest absolute Gasteiger partial charge is 0.114 e. The number of carbonyl (C=O) groups excluding carboxylic acids is 1. The molecule has 138 valence electrons. The van der Waals surface area contributed by atoms with Gasteiger partial charge in [0.15, 0.2) is 0 Å². The molecule has 0 bridgehead atoms. The van der Waals surface area contributed by atoms with Gasteiger partial charge in [-0.25, -0.2) is 0 Å². The molecule has 0 N–H and O–H groups in total. The molecule has 27 heavy (non-hydrogen) atoms. The maximum Gasteiger partial charge on any atom is 0.114 e. The van der Waals surface area contributed by atoms with Crippen molar-refractivity contribution in [2.75, 3.05) is 0 Å². The van der Waals surface area contributed by atoms with Crippen LogP contribution in [0.3, 0.4) is 0 Å². The maximum atomic E-state index is 10.9. The molecule has 0 radical (unpaired) electrons. The fourth-order valence-electron chi connectivity index (χ4n) is 3.94. The molecule has 0 aromatic heterocycles. The van der Waals surface area contributed by atoms with Gasteiger partial charge in [-0.05, 0) is 62.6 Å². The minimum absolute atomic E-state index is 0.114. The molecule has 1 atom stereocenters. The summed E-state index contributed by atoms with van der Waals surface area (Å²) in [7, 11) is -1.92. The Balaban J connectivity index is 2.18. The number of carbonyl (C=O) groups is 1. The fraction of sp³-hybridized carbons (Fsp3) is 0.208. The number of benzene rings is 3. The van der Waals surface area contributed by atoms with E-state index in [1.54, 1.807) is 0 Å². The normalized spacial score (nSPS) is 12.5. The number of carboxylic acid groups (broad SMARTS) is 1. The highest BCUT2D eigenvalue weighted by atomic mass is 31.2. The lowest BCUT2D eigenvalue weighted by Crippen LogP contribution is -2.37. The minimum Gasteiger partial charge on any atom is -0.550 e. The zero-order valence-corrected chi connectivity index (χ0v) is 16.5. The first-order chi connectivity index (χ1) is 13.2. The van der Waals surface area contributed by atoms with Gasteiger partial charge in [0.05, 0.1) is 5.66 Å². The zero-order chi connectivity index (χ0) is 19.1. The van der Waals surface area contributed by atoms with Crippen LogP contribution in [0.2, 0.25) is 0 Å². The van der Waals surface area contributed by atoms with E-state index in [4.69, 9.17) is 0 Å². The van der Waals surface area contributed by atoms with E-state index in [2.05, 4.69) is 97.9 Å². The standard InChI is InChI=1S/C24H25O2P/c1-20(12-11-19-24(25)26)27(21-13-5-2-6-14-21,22-15-7-3-8-16-22)23-17-9-4-10-18-23/h2-10,13-18,20H,11-12,19H2,1H3. The van der Waals surface area contributed by atoms with Crippen molar-refractivity contribution in [3.8, 4) is 0 Å². The highest BCUT2D eigenvalue weighted by Crippen LogP contribution is 2.60. The first kappa shape index (κ1) is 19.3. The lowest BCUT2D eigenvalue weighted by molar-refractivity contribution is -0.305. The molecule has 0 aliphatic carbocycles. The van der Waals surface area contributed by atoms with Crippen LogP contribution >= 0.6 is 7.26 Å². The van der Waals surface area contributed by atoms with Crippen molar-refractivity contribution in [2.45, 2.75) is 31.8 Å². The molecule has 2 nitrogen and oxygen atoms in total. The molecular weight excluding hydrogens is 351 g/mol. The number of hydrogen-bond donors (Lipinski definition) is 0. The van der Waals surface area contributed by atoms with Gasteiger partial charge >= 0.3 is 0 Å². The van der Waals surface area contributed by atoms with E-state index in [1.807, 2.05) is 0 Å². The summed E-state index contributed by atoms with van der Waals surface area (Å²) in [5.74, 6) is -0.967. The summed E-state index contributed by atoms with van der Waals surface area (Å²) in [6.45, 7) is 2.27. The van der Waals surface area contributed by atoms with Crippen LogP contribution in [-0.2, 0) is 4.79 Å². The van der Waals surface area contributed by atoms with E-state index in [0.717, 1.165) is 6.42 Å². The first-order valence-corrected chi connectivity index (χ1v) is 11.3. The second-order valence-corrected chi connectivity index (χ2v) is 10.7. The Hall–Kier alpha value is -2.44. The molecule has 1 unspecified atom stereocenters. The van der Waals surface area contributed by atoms with Crippen LogP contribution in [0, 0.1) is 0 Å². The monoisotopic (exact) mass is 376 g/mol. The summed E-state index contributed by atoms with van der Waals surface area (Å²) in [6, 6.07) is 32.1. The quantitative estimate of drug-likeness (QED) is 0.566. The molecule has 0 saturated heterocycles. The van der Waals surface area contributed by atoms with Crippen molar-refractivity contribution < 1.29 is 9.90 Å². The highest BCUT2D eigenvalue weighted by molar-refractivity contribution is 7.96. The second kappa shape index (κ2) is 8.97. The van der Waals surface area contributed by atoms with E-state index >= 15 is 0 Å². The molecule has 0 saturated carbocycles. The van der Waals surface area contributed by atoms with Crippen molar-refractivity contribution >= 4 is 29.1 Å². The molecule has 3 heteroatoms. The van der Waals surface area contributed by atoms with Gasteiger partial charge in [0.2, 0.25) is 0 Å². The van der Waals surface area contributed by atoms with Gasteiger partial charge in [-0.15, -0.1) is 0 Å². The van der Waals surface area contributed by atoms with Crippen LogP contribution in [0.4, 0.5) is 0 Å².